The van der Waals surface area contributed by atoms with E-state index in [1.807, 2.05) is 14.0 Å². The largest absolute Gasteiger partial charge is 0.368 e. The zero-order chi connectivity index (χ0) is 15.7. The molecule has 0 saturated carbocycles. The maximum absolute atomic E-state index is 11.4. The third kappa shape index (κ3) is 6.35. The number of carbonyl (C=O) groups is 1. The van der Waals surface area contributed by atoms with Crippen LogP contribution in [0.5, 0.6) is 0 Å². The standard InChI is InChI=1S/C17H35N3O/c1-4-8-15-9-7-13-20(14-10-15)12-6-5-11-17(2,19-3)16(18)21/h15,19H,4-14H2,1-3H3,(H2,18,21). The summed E-state index contributed by atoms with van der Waals surface area (Å²) in [4.78, 5) is 14.0. The molecule has 2 atom stereocenters. The highest BCUT2D eigenvalue weighted by Crippen LogP contribution is 2.22. The van der Waals surface area contributed by atoms with Crippen LogP contribution in [0.3, 0.4) is 0 Å². The van der Waals surface area contributed by atoms with Gasteiger partial charge in [0.25, 0.3) is 0 Å². The van der Waals surface area contributed by atoms with Crippen LogP contribution in [0.15, 0.2) is 0 Å². The molecule has 0 aromatic rings. The van der Waals surface area contributed by atoms with Crippen LogP contribution in [-0.4, -0.2) is 43.0 Å². The predicted octanol–water partition coefficient (Wildman–Crippen LogP) is 2.52. The highest BCUT2D eigenvalue weighted by Gasteiger charge is 2.28. The number of primary amides is 1. The van der Waals surface area contributed by atoms with Crippen molar-refractivity contribution in [3.8, 4) is 0 Å². The van der Waals surface area contributed by atoms with Gasteiger partial charge in [0, 0.05) is 0 Å². The van der Waals surface area contributed by atoms with E-state index in [1.165, 1.54) is 45.2 Å². The number of nitrogens with two attached hydrogens (primary N) is 1. The molecule has 124 valence electrons. The summed E-state index contributed by atoms with van der Waals surface area (Å²) in [5.41, 5.74) is 4.91. The molecule has 1 amide bonds. The van der Waals surface area contributed by atoms with Crippen LogP contribution in [0.25, 0.3) is 0 Å². The molecule has 3 N–H and O–H groups in total. The Hall–Kier alpha value is -0.610. The zero-order valence-electron chi connectivity index (χ0n) is 14.3. The summed E-state index contributed by atoms with van der Waals surface area (Å²) >= 11 is 0. The Morgan fingerprint density at radius 2 is 2.10 bits per heavy atom. The van der Waals surface area contributed by atoms with Gasteiger partial charge in [-0.1, -0.05) is 19.8 Å². The SMILES string of the molecule is CCCC1CCCN(CCCCC(C)(NC)C(N)=O)CC1. The van der Waals surface area contributed by atoms with Crippen molar-refractivity contribution in [3.05, 3.63) is 0 Å². The van der Waals surface area contributed by atoms with Gasteiger partial charge in [0.15, 0.2) is 0 Å². The van der Waals surface area contributed by atoms with Gasteiger partial charge in [-0.05, 0) is 78.0 Å². The van der Waals surface area contributed by atoms with Crippen molar-refractivity contribution in [2.24, 2.45) is 11.7 Å². The Labute approximate surface area is 130 Å². The lowest BCUT2D eigenvalue weighted by Crippen LogP contribution is -2.51. The maximum Gasteiger partial charge on any atom is 0.237 e. The smallest absolute Gasteiger partial charge is 0.237 e. The van der Waals surface area contributed by atoms with Gasteiger partial charge in [-0.2, -0.15) is 0 Å². The molecule has 4 heteroatoms. The number of unbranched alkanes of at least 4 members (excludes halogenated alkanes) is 1. The van der Waals surface area contributed by atoms with Gasteiger partial charge in [0.05, 0.1) is 5.54 Å². The molecule has 0 spiro atoms. The van der Waals surface area contributed by atoms with Gasteiger partial charge < -0.3 is 16.0 Å². The summed E-state index contributed by atoms with van der Waals surface area (Å²) in [5, 5.41) is 3.06. The molecule has 4 nitrogen and oxygen atoms in total. The first-order chi connectivity index (χ1) is 10.0. The molecule has 0 aromatic carbocycles. The summed E-state index contributed by atoms with van der Waals surface area (Å²) < 4.78 is 0. The number of rotatable bonds is 9. The van der Waals surface area contributed by atoms with Crippen LogP contribution in [0.1, 0.15) is 65.2 Å². The average Bonchev–Trinajstić information content (AvgIpc) is 2.69. The van der Waals surface area contributed by atoms with Gasteiger partial charge in [0.2, 0.25) is 5.91 Å². The van der Waals surface area contributed by atoms with Crippen LogP contribution < -0.4 is 11.1 Å². The Kier molecular flexibility index (Phi) is 8.27. The minimum atomic E-state index is -0.551. The molecule has 2 unspecified atom stereocenters. The van der Waals surface area contributed by atoms with E-state index in [9.17, 15) is 4.79 Å². The molecule has 1 aliphatic heterocycles. The van der Waals surface area contributed by atoms with Crippen molar-refractivity contribution in [2.45, 2.75) is 70.8 Å². The second-order valence-corrected chi connectivity index (χ2v) is 6.83. The Balaban J connectivity index is 2.22. The zero-order valence-corrected chi connectivity index (χ0v) is 14.3. The van der Waals surface area contributed by atoms with Crippen molar-refractivity contribution in [1.29, 1.82) is 0 Å². The van der Waals surface area contributed by atoms with Crippen LogP contribution in [0.4, 0.5) is 0 Å². The Morgan fingerprint density at radius 1 is 1.33 bits per heavy atom. The topological polar surface area (TPSA) is 58.4 Å². The molecular weight excluding hydrogens is 262 g/mol. The lowest BCUT2D eigenvalue weighted by Gasteiger charge is -2.26. The fourth-order valence-electron chi connectivity index (χ4n) is 3.33. The molecule has 1 saturated heterocycles. The number of hydrogen-bond acceptors (Lipinski definition) is 3. The number of nitrogens with zero attached hydrogens (tertiary/aromatic N) is 1. The van der Waals surface area contributed by atoms with Crippen molar-refractivity contribution in [3.63, 3.8) is 0 Å². The van der Waals surface area contributed by atoms with E-state index >= 15 is 0 Å². The van der Waals surface area contributed by atoms with Crippen molar-refractivity contribution < 1.29 is 4.79 Å². The first kappa shape index (κ1) is 18.4. The van der Waals surface area contributed by atoms with Gasteiger partial charge in [-0.25, -0.2) is 0 Å². The number of hydrogen-bond donors (Lipinski definition) is 2. The monoisotopic (exact) mass is 297 g/mol. The molecule has 1 rings (SSSR count). The second kappa shape index (κ2) is 9.42. The Morgan fingerprint density at radius 3 is 2.71 bits per heavy atom. The highest BCUT2D eigenvalue weighted by atomic mass is 16.1. The minimum Gasteiger partial charge on any atom is -0.368 e. The Bertz CT molecular complexity index is 308. The number of carbonyl (C=O) groups excluding carboxylic acids is 1. The summed E-state index contributed by atoms with van der Waals surface area (Å²) in [5.74, 6) is 0.699. The van der Waals surface area contributed by atoms with E-state index in [-0.39, 0.29) is 5.91 Å². The molecule has 0 aliphatic carbocycles. The third-order valence-corrected chi connectivity index (χ3v) is 5.13. The summed E-state index contributed by atoms with van der Waals surface area (Å²) in [7, 11) is 1.81. The summed E-state index contributed by atoms with van der Waals surface area (Å²) in [6.07, 6.45) is 9.87. The fourth-order valence-corrected chi connectivity index (χ4v) is 3.33. The average molecular weight is 297 g/mol. The number of likely N-dealkylation sites (N-methyl/N-ethyl adjacent to an activating group) is 1. The van der Waals surface area contributed by atoms with E-state index in [0.29, 0.717) is 0 Å². The summed E-state index contributed by atoms with van der Waals surface area (Å²) in [6.45, 7) is 7.86. The molecule has 21 heavy (non-hydrogen) atoms. The molecule has 0 aromatic heterocycles. The normalized spacial score (nSPS) is 23.5. The van der Waals surface area contributed by atoms with Crippen LogP contribution in [0, 0.1) is 5.92 Å². The lowest BCUT2D eigenvalue weighted by atomic mass is 9.94. The quantitative estimate of drug-likeness (QED) is 0.643. The van der Waals surface area contributed by atoms with E-state index < -0.39 is 5.54 Å². The van der Waals surface area contributed by atoms with Crippen molar-refractivity contribution in [2.75, 3.05) is 26.7 Å². The third-order valence-electron chi connectivity index (χ3n) is 5.13. The van der Waals surface area contributed by atoms with Crippen LogP contribution in [0.2, 0.25) is 0 Å². The number of nitrogens with one attached hydrogen (secondary N) is 1. The fraction of sp³-hybridized carbons (Fsp3) is 0.941. The summed E-state index contributed by atoms with van der Waals surface area (Å²) in [6, 6.07) is 0. The molecule has 1 fully saturated rings. The van der Waals surface area contributed by atoms with E-state index in [2.05, 4.69) is 17.1 Å². The van der Waals surface area contributed by atoms with Crippen molar-refractivity contribution in [1.82, 2.24) is 10.2 Å². The minimum absolute atomic E-state index is 0.248. The lowest BCUT2D eigenvalue weighted by molar-refractivity contribution is -0.123. The predicted molar refractivity (Wildman–Crippen MR) is 89.2 cm³/mol. The van der Waals surface area contributed by atoms with Crippen LogP contribution >= 0.6 is 0 Å². The molecule has 0 bridgehead atoms. The molecular formula is C17H35N3O. The van der Waals surface area contributed by atoms with Crippen LogP contribution in [-0.2, 0) is 4.79 Å². The second-order valence-electron chi connectivity index (χ2n) is 6.83. The molecule has 1 aliphatic rings. The highest BCUT2D eigenvalue weighted by molar-refractivity contribution is 5.84. The van der Waals surface area contributed by atoms with Crippen molar-refractivity contribution >= 4 is 5.91 Å². The number of amides is 1. The maximum atomic E-state index is 11.4. The van der Waals surface area contributed by atoms with Gasteiger partial charge in [0.1, 0.15) is 0 Å². The van der Waals surface area contributed by atoms with E-state index in [4.69, 9.17) is 5.73 Å². The van der Waals surface area contributed by atoms with Gasteiger partial charge in [-0.15, -0.1) is 0 Å². The first-order valence-corrected chi connectivity index (χ1v) is 8.73. The molecule has 1 heterocycles. The molecule has 0 radical (unpaired) electrons. The van der Waals surface area contributed by atoms with E-state index in [0.717, 1.165) is 31.7 Å². The van der Waals surface area contributed by atoms with Gasteiger partial charge in [-0.3, -0.25) is 4.79 Å². The number of likely N-dealkylation sites (tertiary alicyclic amines) is 1. The first-order valence-electron chi connectivity index (χ1n) is 8.73. The van der Waals surface area contributed by atoms with Gasteiger partial charge >= 0.3 is 0 Å². The van der Waals surface area contributed by atoms with E-state index in [1.54, 1.807) is 0 Å².